The van der Waals surface area contributed by atoms with E-state index >= 15 is 0 Å². The summed E-state index contributed by atoms with van der Waals surface area (Å²) in [6.45, 7) is 3.54. The zero-order valence-corrected chi connectivity index (χ0v) is 13.0. The molecule has 0 aliphatic carbocycles. The van der Waals surface area contributed by atoms with Crippen LogP contribution in [0.15, 0.2) is 18.2 Å². The number of anilines is 1. The van der Waals surface area contributed by atoms with Crippen LogP contribution in [0, 0.1) is 12.8 Å². The van der Waals surface area contributed by atoms with Crippen molar-refractivity contribution in [3.63, 3.8) is 0 Å². The number of ether oxygens (including phenoxy) is 2. The number of aliphatic hydroxyl groups is 2. The fourth-order valence-electron chi connectivity index (χ4n) is 3.40. The van der Waals surface area contributed by atoms with Crippen molar-refractivity contribution in [3.05, 3.63) is 23.9 Å². The van der Waals surface area contributed by atoms with Gasteiger partial charge in [-0.2, -0.15) is 0 Å². The number of hydrogen-bond acceptors (Lipinski definition) is 6. The van der Waals surface area contributed by atoms with Gasteiger partial charge in [0.15, 0.2) is 11.5 Å². The van der Waals surface area contributed by atoms with Crippen molar-refractivity contribution >= 4 is 16.6 Å². The van der Waals surface area contributed by atoms with E-state index in [-0.39, 0.29) is 19.3 Å². The maximum absolute atomic E-state index is 10.2. The Bertz CT molecular complexity index is 749. The highest BCUT2D eigenvalue weighted by Gasteiger charge is 2.28. The van der Waals surface area contributed by atoms with Crippen LogP contribution in [0.2, 0.25) is 0 Å². The Morgan fingerprint density at radius 2 is 2.04 bits per heavy atom. The molecule has 2 N–H and O–H groups in total. The molecule has 2 atom stereocenters. The van der Waals surface area contributed by atoms with Crippen LogP contribution in [-0.2, 0) is 0 Å². The SMILES string of the molecule is Cc1cc(N2CC[C@@H](CO)[C@H](O)C2)c2cc3c(cc2n1)OCO3. The number of hydrogen-bond donors (Lipinski definition) is 2. The molecule has 1 saturated heterocycles. The van der Waals surface area contributed by atoms with Crippen LogP contribution in [0.1, 0.15) is 12.1 Å². The van der Waals surface area contributed by atoms with Crippen molar-refractivity contribution in [2.24, 2.45) is 5.92 Å². The summed E-state index contributed by atoms with van der Waals surface area (Å²) in [4.78, 5) is 6.76. The van der Waals surface area contributed by atoms with Crippen molar-refractivity contribution in [2.75, 3.05) is 31.4 Å². The van der Waals surface area contributed by atoms with Crippen molar-refractivity contribution in [2.45, 2.75) is 19.4 Å². The van der Waals surface area contributed by atoms with Crippen LogP contribution in [0.5, 0.6) is 11.5 Å². The lowest BCUT2D eigenvalue weighted by molar-refractivity contribution is 0.0549. The summed E-state index contributed by atoms with van der Waals surface area (Å²) in [5.41, 5.74) is 2.83. The molecule has 0 amide bonds. The molecule has 0 spiro atoms. The van der Waals surface area contributed by atoms with Crippen molar-refractivity contribution in [1.29, 1.82) is 0 Å². The maximum Gasteiger partial charge on any atom is 0.231 e. The highest BCUT2D eigenvalue weighted by Crippen LogP contribution is 2.39. The molecular formula is C17H20N2O4. The van der Waals surface area contributed by atoms with E-state index in [0.717, 1.165) is 46.7 Å². The van der Waals surface area contributed by atoms with E-state index in [2.05, 4.69) is 9.88 Å². The molecule has 2 aliphatic rings. The van der Waals surface area contributed by atoms with Gasteiger partial charge in [0.2, 0.25) is 6.79 Å². The second-order valence-corrected chi connectivity index (χ2v) is 6.25. The van der Waals surface area contributed by atoms with E-state index in [4.69, 9.17) is 9.47 Å². The van der Waals surface area contributed by atoms with Gasteiger partial charge in [0, 0.05) is 48.4 Å². The van der Waals surface area contributed by atoms with E-state index in [1.807, 2.05) is 25.1 Å². The van der Waals surface area contributed by atoms with E-state index in [1.54, 1.807) is 0 Å². The van der Waals surface area contributed by atoms with Gasteiger partial charge < -0.3 is 24.6 Å². The average Bonchev–Trinajstić information content (AvgIpc) is 2.99. The van der Waals surface area contributed by atoms with Crippen LogP contribution >= 0.6 is 0 Å². The third kappa shape index (κ3) is 2.48. The van der Waals surface area contributed by atoms with Gasteiger partial charge in [0.1, 0.15) is 0 Å². The predicted octanol–water partition coefficient (Wildman–Crippen LogP) is 1.45. The summed E-state index contributed by atoms with van der Waals surface area (Å²) in [5, 5.41) is 20.6. The minimum Gasteiger partial charge on any atom is -0.454 e. The topological polar surface area (TPSA) is 75.1 Å². The van der Waals surface area contributed by atoms with Crippen molar-refractivity contribution in [3.8, 4) is 11.5 Å². The van der Waals surface area contributed by atoms with Crippen LogP contribution in [0.3, 0.4) is 0 Å². The first-order valence-electron chi connectivity index (χ1n) is 7.90. The number of aromatic nitrogens is 1. The van der Waals surface area contributed by atoms with E-state index in [1.165, 1.54) is 0 Å². The monoisotopic (exact) mass is 316 g/mol. The third-order valence-corrected chi connectivity index (χ3v) is 4.71. The number of aliphatic hydroxyl groups excluding tert-OH is 2. The predicted molar refractivity (Wildman–Crippen MR) is 86.0 cm³/mol. The largest absolute Gasteiger partial charge is 0.454 e. The molecule has 1 aromatic heterocycles. The lowest BCUT2D eigenvalue weighted by atomic mass is 9.94. The number of nitrogens with zero attached hydrogens (tertiary/aromatic N) is 2. The highest BCUT2D eigenvalue weighted by molar-refractivity contribution is 5.94. The smallest absolute Gasteiger partial charge is 0.231 e. The van der Waals surface area contributed by atoms with Gasteiger partial charge >= 0.3 is 0 Å². The van der Waals surface area contributed by atoms with Crippen molar-refractivity contribution in [1.82, 2.24) is 4.98 Å². The summed E-state index contributed by atoms with van der Waals surface area (Å²) in [5.74, 6) is 1.41. The molecule has 6 nitrogen and oxygen atoms in total. The lowest BCUT2D eigenvalue weighted by Crippen LogP contribution is -2.45. The van der Waals surface area contributed by atoms with Crippen LogP contribution in [-0.4, -0.2) is 47.8 Å². The molecule has 0 saturated carbocycles. The number of β-amino-alcohol motifs (C(OH)–C–C–N with tert-alkyl or cyclic N) is 1. The fraction of sp³-hybridized carbons (Fsp3) is 0.471. The second-order valence-electron chi connectivity index (χ2n) is 6.25. The molecule has 1 fully saturated rings. The molecule has 0 bridgehead atoms. The molecular weight excluding hydrogens is 296 g/mol. The van der Waals surface area contributed by atoms with Gasteiger partial charge in [-0.15, -0.1) is 0 Å². The maximum atomic E-state index is 10.2. The van der Waals surface area contributed by atoms with E-state index in [0.29, 0.717) is 6.54 Å². The zero-order chi connectivity index (χ0) is 16.0. The minimum atomic E-state index is -0.522. The molecule has 3 heterocycles. The summed E-state index contributed by atoms with van der Waals surface area (Å²) in [6.07, 6.45) is 0.247. The first kappa shape index (κ1) is 14.5. The molecule has 23 heavy (non-hydrogen) atoms. The Balaban J connectivity index is 1.77. The van der Waals surface area contributed by atoms with Crippen LogP contribution in [0.4, 0.5) is 5.69 Å². The number of rotatable bonds is 2. The molecule has 122 valence electrons. The number of piperidine rings is 1. The Hall–Kier alpha value is -2.05. The molecule has 4 rings (SSSR count). The van der Waals surface area contributed by atoms with Gasteiger partial charge in [0.05, 0.1) is 11.6 Å². The van der Waals surface area contributed by atoms with Gasteiger partial charge in [-0.3, -0.25) is 4.98 Å². The zero-order valence-electron chi connectivity index (χ0n) is 13.0. The molecule has 2 aliphatic heterocycles. The highest BCUT2D eigenvalue weighted by atomic mass is 16.7. The third-order valence-electron chi connectivity index (χ3n) is 4.71. The average molecular weight is 316 g/mol. The van der Waals surface area contributed by atoms with Crippen LogP contribution < -0.4 is 14.4 Å². The summed E-state index contributed by atoms with van der Waals surface area (Å²) >= 11 is 0. The second kappa shape index (κ2) is 5.54. The molecule has 1 aromatic carbocycles. The number of aryl methyl sites for hydroxylation is 1. The lowest BCUT2D eigenvalue weighted by Gasteiger charge is -2.37. The summed E-state index contributed by atoms with van der Waals surface area (Å²) < 4.78 is 10.9. The van der Waals surface area contributed by atoms with Gasteiger partial charge in [-0.1, -0.05) is 0 Å². The molecule has 2 aromatic rings. The number of pyridine rings is 1. The molecule has 0 unspecified atom stereocenters. The van der Waals surface area contributed by atoms with E-state index in [9.17, 15) is 10.2 Å². The van der Waals surface area contributed by atoms with Gasteiger partial charge in [-0.05, 0) is 25.5 Å². The summed E-state index contributed by atoms with van der Waals surface area (Å²) in [6, 6.07) is 5.91. The first-order valence-corrected chi connectivity index (χ1v) is 7.90. The van der Waals surface area contributed by atoms with Crippen LogP contribution in [0.25, 0.3) is 10.9 Å². The number of benzene rings is 1. The molecule has 0 radical (unpaired) electrons. The Morgan fingerprint density at radius 3 is 2.78 bits per heavy atom. The fourth-order valence-corrected chi connectivity index (χ4v) is 3.40. The van der Waals surface area contributed by atoms with E-state index < -0.39 is 6.10 Å². The Kier molecular flexibility index (Phi) is 3.50. The minimum absolute atomic E-state index is 0.0316. The molecule has 6 heteroatoms. The van der Waals surface area contributed by atoms with Crippen molar-refractivity contribution < 1.29 is 19.7 Å². The Labute approximate surface area is 134 Å². The first-order chi connectivity index (χ1) is 11.2. The standard InChI is InChI=1S/C17H20N2O4/c1-10-4-14(19-3-2-11(8-20)15(21)7-19)12-5-16-17(23-9-22-16)6-13(12)18-10/h4-6,11,15,20-21H,2-3,7-9H2,1H3/t11-,15+/m0/s1. The van der Waals surface area contributed by atoms with Gasteiger partial charge in [0.25, 0.3) is 0 Å². The van der Waals surface area contributed by atoms with Gasteiger partial charge in [-0.25, -0.2) is 0 Å². The number of fused-ring (bicyclic) bond motifs is 2. The Morgan fingerprint density at radius 1 is 1.26 bits per heavy atom. The normalized spacial score (nSPS) is 23.5. The quantitative estimate of drug-likeness (QED) is 0.873. The summed E-state index contributed by atoms with van der Waals surface area (Å²) in [7, 11) is 0.